The lowest BCUT2D eigenvalue weighted by molar-refractivity contribution is 0.0659. The van der Waals surface area contributed by atoms with Crippen molar-refractivity contribution < 1.29 is 14.0 Å². The molecule has 6 aromatic rings. The Balaban J connectivity index is 0.000000147. The van der Waals surface area contributed by atoms with Gasteiger partial charge in [-0.1, -0.05) is 36.4 Å². The molecule has 0 saturated carbocycles. The molecule has 2 atom stereocenters. The first-order valence-electron chi connectivity index (χ1n) is 15.3. The Morgan fingerprint density at radius 2 is 1.24 bits per heavy atom. The summed E-state index contributed by atoms with van der Waals surface area (Å²) in [7, 11) is 0. The Labute approximate surface area is 275 Å². The zero-order valence-corrected chi connectivity index (χ0v) is 27.0. The number of rotatable bonds is 4. The molecule has 6 heterocycles. The fraction of sp³-hybridized carbons (Fsp3) is 0.189. The summed E-state index contributed by atoms with van der Waals surface area (Å²) in [5, 5.41) is 4.09. The average molecular weight is 649 g/mol. The lowest BCUT2D eigenvalue weighted by atomic mass is 10.0. The van der Waals surface area contributed by atoms with Crippen LogP contribution in [-0.2, 0) is 13.1 Å². The van der Waals surface area contributed by atoms with E-state index in [0.717, 1.165) is 41.3 Å². The Bertz CT molecular complexity index is 1960. The SMILES string of the molecule is Cc1ccccc1C(=O)N1CCn2cccc2C1c1cccs1.O=C(c1cccc(F)c1)N1CCn2cccc2C1c1cccs1. The number of aromatic nitrogens is 2. The largest absolute Gasteiger partial charge is 0.347 e. The standard InChI is InChI=1S/C19H18N2OS.C18H15FN2OS/c1-14-6-2-3-7-15(14)19(22)21-12-11-20-10-4-8-16(20)18(21)17-9-5-13-23-17;19-14-5-1-4-13(12-14)18(22)21-10-9-20-8-2-6-15(20)17(21)16-7-3-11-23-16/h2-10,13,18H,11-12H2,1H3;1-8,11-12,17H,9-10H2. The van der Waals surface area contributed by atoms with Gasteiger partial charge in [-0.2, -0.15) is 0 Å². The van der Waals surface area contributed by atoms with Gasteiger partial charge in [-0.05, 0) is 83.9 Å². The van der Waals surface area contributed by atoms with Gasteiger partial charge >= 0.3 is 0 Å². The minimum Gasteiger partial charge on any atom is -0.347 e. The zero-order chi connectivity index (χ0) is 31.6. The van der Waals surface area contributed by atoms with Crippen molar-refractivity contribution in [2.24, 2.45) is 0 Å². The molecule has 2 aromatic carbocycles. The van der Waals surface area contributed by atoms with Gasteiger partial charge in [0.1, 0.15) is 17.9 Å². The number of thiophene rings is 2. The van der Waals surface area contributed by atoms with Crippen molar-refractivity contribution in [3.8, 4) is 0 Å². The van der Waals surface area contributed by atoms with E-state index in [2.05, 4.69) is 51.0 Å². The molecule has 6 nitrogen and oxygen atoms in total. The van der Waals surface area contributed by atoms with Crippen LogP contribution in [0.2, 0.25) is 0 Å². The number of amides is 2. The molecular weight excluding hydrogens is 616 g/mol. The first-order valence-corrected chi connectivity index (χ1v) is 17.1. The summed E-state index contributed by atoms with van der Waals surface area (Å²) in [6, 6.07) is 30.1. The van der Waals surface area contributed by atoms with Gasteiger partial charge in [0.15, 0.2) is 0 Å². The molecule has 0 spiro atoms. The van der Waals surface area contributed by atoms with E-state index < -0.39 is 0 Å². The molecule has 46 heavy (non-hydrogen) atoms. The Kier molecular flexibility index (Phi) is 8.43. The third-order valence-electron chi connectivity index (χ3n) is 8.67. The molecule has 0 N–H and O–H groups in total. The number of hydrogen-bond acceptors (Lipinski definition) is 4. The van der Waals surface area contributed by atoms with E-state index >= 15 is 0 Å². The number of nitrogens with zero attached hydrogens (tertiary/aromatic N) is 4. The van der Waals surface area contributed by atoms with Crippen LogP contribution < -0.4 is 0 Å². The highest BCUT2D eigenvalue weighted by Crippen LogP contribution is 2.37. The molecule has 4 aromatic heterocycles. The van der Waals surface area contributed by atoms with Gasteiger partial charge in [0, 0.05) is 70.8 Å². The number of carbonyl (C=O) groups is 2. The average Bonchev–Trinajstić information content (AvgIpc) is 3.91. The molecule has 9 heteroatoms. The Hall–Kier alpha value is -4.73. The lowest BCUT2D eigenvalue weighted by Gasteiger charge is -2.37. The number of fused-ring (bicyclic) bond motifs is 2. The number of carbonyl (C=O) groups excluding carboxylic acids is 2. The first kappa shape index (κ1) is 30.0. The summed E-state index contributed by atoms with van der Waals surface area (Å²) >= 11 is 3.34. The Morgan fingerprint density at radius 1 is 0.652 bits per heavy atom. The third-order valence-corrected chi connectivity index (χ3v) is 10.5. The quantitative estimate of drug-likeness (QED) is 0.194. The van der Waals surface area contributed by atoms with Crippen LogP contribution in [-0.4, -0.2) is 43.8 Å². The van der Waals surface area contributed by atoms with E-state index in [1.165, 1.54) is 22.7 Å². The number of hydrogen-bond donors (Lipinski definition) is 0. The van der Waals surface area contributed by atoms with Gasteiger partial charge in [-0.25, -0.2) is 4.39 Å². The van der Waals surface area contributed by atoms with Crippen molar-refractivity contribution in [1.29, 1.82) is 0 Å². The lowest BCUT2D eigenvalue weighted by Crippen LogP contribution is -2.42. The molecule has 0 radical (unpaired) electrons. The zero-order valence-electron chi connectivity index (χ0n) is 25.3. The predicted molar refractivity (Wildman–Crippen MR) is 181 cm³/mol. The van der Waals surface area contributed by atoms with Crippen molar-refractivity contribution in [3.63, 3.8) is 0 Å². The summed E-state index contributed by atoms with van der Waals surface area (Å²) < 4.78 is 17.9. The van der Waals surface area contributed by atoms with Crippen LogP contribution in [0.15, 0.2) is 120 Å². The molecule has 0 aliphatic carbocycles. The molecule has 8 rings (SSSR count). The van der Waals surface area contributed by atoms with Crippen LogP contribution in [0.25, 0.3) is 0 Å². The van der Waals surface area contributed by atoms with Crippen LogP contribution >= 0.6 is 22.7 Å². The topological polar surface area (TPSA) is 50.5 Å². The molecule has 0 saturated heterocycles. The van der Waals surface area contributed by atoms with Crippen LogP contribution in [0.4, 0.5) is 4.39 Å². The molecule has 0 bridgehead atoms. The van der Waals surface area contributed by atoms with Crippen LogP contribution in [0.5, 0.6) is 0 Å². The molecule has 2 aliphatic heterocycles. The van der Waals surface area contributed by atoms with Gasteiger partial charge in [-0.3, -0.25) is 9.59 Å². The minimum atomic E-state index is -0.385. The maximum absolute atomic E-state index is 13.5. The van der Waals surface area contributed by atoms with E-state index in [4.69, 9.17) is 0 Å². The van der Waals surface area contributed by atoms with Gasteiger partial charge in [-0.15, -0.1) is 22.7 Å². The van der Waals surface area contributed by atoms with Crippen molar-refractivity contribution >= 4 is 34.5 Å². The van der Waals surface area contributed by atoms with Gasteiger partial charge < -0.3 is 18.9 Å². The highest BCUT2D eigenvalue weighted by molar-refractivity contribution is 7.10. The highest BCUT2D eigenvalue weighted by Gasteiger charge is 2.34. The third kappa shape index (κ3) is 5.72. The van der Waals surface area contributed by atoms with Crippen LogP contribution in [0.1, 0.15) is 59.5 Å². The maximum Gasteiger partial charge on any atom is 0.255 e. The van der Waals surface area contributed by atoms with Gasteiger partial charge in [0.05, 0.1) is 0 Å². The van der Waals surface area contributed by atoms with Crippen LogP contribution in [0.3, 0.4) is 0 Å². The Morgan fingerprint density at radius 3 is 1.78 bits per heavy atom. The predicted octanol–water partition coefficient (Wildman–Crippen LogP) is 8.04. The first-order chi connectivity index (χ1) is 22.5. The molecule has 0 fully saturated rings. The second kappa shape index (κ2) is 12.9. The maximum atomic E-state index is 13.5. The van der Waals surface area contributed by atoms with E-state index in [1.807, 2.05) is 70.8 Å². The van der Waals surface area contributed by atoms with Crippen molar-refractivity contribution in [3.05, 3.63) is 164 Å². The molecule has 2 unspecified atom stereocenters. The van der Waals surface area contributed by atoms with Gasteiger partial charge in [0.2, 0.25) is 0 Å². The summed E-state index contributed by atoms with van der Waals surface area (Å²) in [4.78, 5) is 32.3. The van der Waals surface area contributed by atoms with E-state index in [9.17, 15) is 14.0 Å². The second-order valence-corrected chi connectivity index (χ2v) is 13.4. The van der Waals surface area contributed by atoms with Crippen molar-refractivity contribution in [2.75, 3.05) is 13.1 Å². The van der Waals surface area contributed by atoms with Crippen LogP contribution in [0, 0.1) is 12.7 Å². The second-order valence-electron chi connectivity index (χ2n) is 11.4. The fourth-order valence-corrected chi connectivity index (χ4v) is 8.15. The molecule has 2 amide bonds. The normalized spacial score (nSPS) is 17.1. The van der Waals surface area contributed by atoms with E-state index in [1.54, 1.807) is 34.8 Å². The summed E-state index contributed by atoms with van der Waals surface area (Å²) in [5.41, 5.74) is 4.52. The summed E-state index contributed by atoms with van der Waals surface area (Å²) in [6.45, 7) is 4.95. The highest BCUT2D eigenvalue weighted by atomic mass is 32.1. The van der Waals surface area contributed by atoms with E-state index in [-0.39, 0.29) is 29.7 Å². The monoisotopic (exact) mass is 648 g/mol. The van der Waals surface area contributed by atoms with Crippen molar-refractivity contribution in [2.45, 2.75) is 32.1 Å². The fourth-order valence-electron chi connectivity index (χ4n) is 6.45. The minimum absolute atomic E-state index is 0.00542. The van der Waals surface area contributed by atoms with E-state index in [0.29, 0.717) is 12.1 Å². The summed E-state index contributed by atoms with van der Waals surface area (Å²) in [5.74, 6) is -0.395. The number of halogens is 1. The van der Waals surface area contributed by atoms with Crippen molar-refractivity contribution in [1.82, 2.24) is 18.9 Å². The number of benzene rings is 2. The summed E-state index contributed by atoms with van der Waals surface area (Å²) in [6.07, 6.45) is 4.14. The smallest absolute Gasteiger partial charge is 0.255 e. The molecular formula is C37H33FN4O2S2. The molecule has 2 aliphatic rings. The number of aryl methyl sites for hydroxylation is 1. The molecule has 232 valence electrons. The van der Waals surface area contributed by atoms with Gasteiger partial charge in [0.25, 0.3) is 11.8 Å².